The van der Waals surface area contributed by atoms with Crippen molar-refractivity contribution >= 4 is 23.2 Å². The largest absolute Gasteiger partial charge is 0.496 e. The molecule has 0 spiro atoms. The third-order valence-corrected chi connectivity index (χ3v) is 1.96. The molecule has 0 bridgehead atoms. The number of halogens is 3. The summed E-state index contributed by atoms with van der Waals surface area (Å²) in [7, 11) is 1.45. The van der Waals surface area contributed by atoms with Crippen molar-refractivity contribution in [2.45, 2.75) is 5.88 Å². The summed E-state index contributed by atoms with van der Waals surface area (Å²) in [4.78, 5) is 0. The fraction of sp³-hybridized carbons (Fsp3) is 0.250. The second-order valence-corrected chi connectivity index (χ2v) is 2.91. The number of hydrogen-bond donors (Lipinski definition) is 0. The number of methoxy groups -OCH3 is 1. The molecule has 1 aromatic rings. The first kappa shape index (κ1) is 9.62. The smallest absolute Gasteiger partial charge is 0.132 e. The van der Waals surface area contributed by atoms with Crippen LogP contribution in [0.2, 0.25) is 5.02 Å². The Bertz CT molecular complexity index is 289. The van der Waals surface area contributed by atoms with Crippen molar-refractivity contribution < 1.29 is 9.13 Å². The van der Waals surface area contributed by atoms with Crippen LogP contribution in [0.5, 0.6) is 5.75 Å². The van der Waals surface area contributed by atoms with Crippen LogP contribution in [0.3, 0.4) is 0 Å². The van der Waals surface area contributed by atoms with Crippen molar-refractivity contribution in [2.24, 2.45) is 0 Å². The summed E-state index contributed by atoms with van der Waals surface area (Å²) < 4.78 is 17.9. The normalized spacial score (nSPS) is 10.0. The Morgan fingerprint density at radius 1 is 1.50 bits per heavy atom. The summed E-state index contributed by atoms with van der Waals surface area (Å²) in [6, 6.07) is 2.74. The van der Waals surface area contributed by atoms with Crippen LogP contribution in [0.15, 0.2) is 12.1 Å². The minimum atomic E-state index is -0.436. The van der Waals surface area contributed by atoms with Gasteiger partial charge in [-0.25, -0.2) is 4.39 Å². The fourth-order valence-corrected chi connectivity index (χ4v) is 1.35. The first-order valence-corrected chi connectivity index (χ1v) is 4.18. The van der Waals surface area contributed by atoms with Crippen molar-refractivity contribution in [3.05, 3.63) is 28.5 Å². The van der Waals surface area contributed by atoms with Crippen molar-refractivity contribution in [2.75, 3.05) is 7.11 Å². The lowest BCUT2D eigenvalue weighted by Crippen LogP contribution is -1.93. The van der Waals surface area contributed by atoms with Crippen molar-refractivity contribution in [1.29, 1.82) is 0 Å². The van der Waals surface area contributed by atoms with E-state index in [1.807, 2.05) is 0 Å². The highest BCUT2D eigenvalue weighted by atomic mass is 35.5. The van der Waals surface area contributed by atoms with Crippen LogP contribution in [0, 0.1) is 5.82 Å². The van der Waals surface area contributed by atoms with Gasteiger partial charge in [0.25, 0.3) is 0 Å². The molecule has 4 heteroatoms. The Labute approximate surface area is 80.0 Å². The highest BCUT2D eigenvalue weighted by Gasteiger charge is 2.09. The van der Waals surface area contributed by atoms with Gasteiger partial charge in [-0.3, -0.25) is 0 Å². The van der Waals surface area contributed by atoms with Gasteiger partial charge < -0.3 is 4.74 Å². The molecule has 0 saturated carbocycles. The molecular formula is C8H7Cl2FO. The highest BCUT2D eigenvalue weighted by molar-refractivity contribution is 6.30. The summed E-state index contributed by atoms with van der Waals surface area (Å²) in [6.07, 6.45) is 0. The van der Waals surface area contributed by atoms with Crippen LogP contribution in [-0.2, 0) is 5.88 Å². The van der Waals surface area contributed by atoms with E-state index >= 15 is 0 Å². The van der Waals surface area contributed by atoms with Gasteiger partial charge in [0.1, 0.15) is 11.6 Å². The van der Waals surface area contributed by atoms with E-state index < -0.39 is 5.82 Å². The molecule has 0 radical (unpaired) electrons. The lowest BCUT2D eigenvalue weighted by atomic mass is 10.2. The minimum absolute atomic E-state index is 0.0756. The van der Waals surface area contributed by atoms with Crippen LogP contribution in [0.1, 0.15) is 5.56 Å². The van der Waals surface area contributed by atoms with Crippen LogP contribution in [-0.4, -0.2) is 7.11 Å². The molecule has 1 aromatic carbocycles. The van der Waals surface area contributed by atoms with Crippen LogP contribution in [0.4, 0.5) is 4.39 Å². The monoisotopic (exact) mass is 208 g/mol. The Hall–Kier alpha value is -0.470. The number of ether oxygens (including phenoxy) is 1. The summed E-state index contributed by atoms with van der Waals surface area (Å²) >= 11 is 11.1. The Morgan fingerprint density at radius 2 is 2.17 bits per heavy atom. The van der Waals surface area contributed by atoms with Crippen molar-refractivity contribution in [3.8, 4) is 5.75 Å². The highest BCUT2D eigenvalue weighted by Crippen LogP contribution is 2.27. The number of alkyl halides is 1. The van der Waals surface area contributed by atoms with Gasteiger partial charge in [-0.05, 0) is 12.1 Å². The van der Waals surface area contributed by atoms with Crippen LogP contribution >= 0.6 is 23.2 Å². The minimum Gasteiger partial charge on any atom is -0.496 e. The zero-order chi connectivity index (χ0) is 9.14. The predicted octanol–water partition coefficient (Wildman–Crippen LogP) is 3.23. The molecule has 0 atom stereocenters. The fourth-order valence-electron chi connectivity index (χ4n) is 0.892. The summed E-state index contributed by atoms with van der Waals surface area (Å²) in [5, 5.41) is 0.304. The van der Waals surface area contributed by atoms with Gasteiger partial charge in [-0.2, -0.15) is 0 Å². The summed E-state index contributed by atoms with van der Waals surface area (Å²) in [5.41, 5.74) is 0.337. The topological polar surface area (TPSA) is 9.23 Å². The third-order valence-electron chi connectivity index (χ3n) is 1.47. The molecule has 1 nitrogen and oxygen atoms in total. The Morgan fingerprint density at radius 3 is 2.67 bits per heavy atom. The van der Waals surface area contributed by atoms with E-state index in [1.165, 1.54) is 19.2 Å². The predicted molar refractivity (Wildman–Crippen MR) is 47.5 cm³/mol. The lowest BCUT2D eigenvalue weighted by Gasteiger charge is -2.06. The molecule has 0 aliphatic heterocycles. The van der Waals surface area contributed by atoms with E-state index in [-0.39, 0.29) is 5.88 Å². The molecular weight excluding hydrogens is 202 g/mol. The van der Waals surface area contributed by atoms with Gasteiger partial charge >= 0.3 is 0 Å². The zero-order valence-electron chi connectivity index (χ0n) is 6.40. The molecule has 0 fully saturated rings. The van der Waals surface area contributed by atoms with Gasteiger partial charge in [0.15, 0.2) is 0 Å². The Kier molecular flexibility index (Phi) is 3.18. The Balaban J connectivity index is 3.24. The van der Waals surface area contributed by atoms with E-state index in [2.05, 4.69) is 0 Å². The summed E-state index contributed by atoms with van der Waals surface area (Å²) in [5.74, 6) is 0.0240. The molecule has 0 unspecified atom stereocenters. The molecule has 0 aromatic heterocycles. The van der Waals surface area contributed by atoms with E-state index in [9.17, 15) is 4.39 Å². The van der Waals surface area contributed by atoms with Gasteiger partial charge in [0.2, 0.25) is 0 Å². The maximum absolute atomic E-state index is 13.0. The van der Waals surface area contributed by atoms with E-state index in [0.29, 0.717) is 16.3 Å². The number of hydrogen-bond acceptors (Lipinski definition) is 1. The molecule has 0 aliphatic rings. The zero-order valence-corrected chi connectivity index (χ0v) is 7.92. The van der Waals surface area contributed by atoms with E-state index in [0.717, 1.165) is 0 Å². The average Bonchev–Trinajstić information content (AvgIpc) is 2.03. The SMILES string of the molecule is COc1cc(Cl)cc(F)c1CCl. The molecule has 0 N–H and O–H groups in total. The molecule has 0 saturated heterocycles. The first-order chi connectivity index (χ1) is 5.69. The number of rotatable bonds is 2. The molecule has 1 rings (SSSR count). The van der Waals surface area contributed by atoms with Crippen molar-refractivity contribution in [1.82, 2.24) is 0 Å². The van der Waals surface area contributed by atoms with Gasteiger partial charge in [-0.15, -0.1) is 11.6 Å². The standard InChI is InChI=1S/C8H7Cl2FO/c1-12-8-3-5(10)2-7(11)6(8)4-9/h2-3H,4H2,1H3. The molecule has 12 heavy (non-hydrogen) atoms. The summed E-state index contributed by atoms with van der Waals surface area (Å²) in [6.45, 7) is 0. The molecule has 0 heterocycles. The molecule has 66 valence electrons. The molecule has 0 aliphatic carbocycles. The maximum Gasteiger partial charge on any atom is 0.132 e. The third kappa shape index (κ3) is 1.82. The van der Waals surface area contributed by atoms with Gasteiger partial charge in [0, 0.05) is 10.6 Å². The van der Waals surface area contributed by atoms with E-state index in [1.54, 1.807) is 0 Å². The van der Waals surface area contributed by atoms with Crippen LogP contribution in [0.25, 0.3) is 0 Å². The first-order valence-electron chi connectivity index (χ1n) is 3.27. The number of benzene rings is 1. The second-order valence-electron chi connectivity index (χ2n) is 2.20. The van der Waals surface area contributed by atoms with Gasteiger partial charge in [-0.1, -0.05) is 11.6 Å². The van der Waals surface area contributed by atoms with Crippen molar-refractivity contribution in [3.63, 3.8) is 0 Å². The van der Waals surface area contributed by atoms with Crippen LogP contribution < -0.4 is 4.74 Å². The lowest BCUT2D eigenvalue weighted by molar-refractivity contribution is 0.406. The van der Waals surface area contributed by atoms with Gasteiger partial charge in [0.05, 0.1) is 13.0 Å². The maximum atomic E-state index is 13.0. The second kappa shape index (κ2) is 3.97. The quantitative estimate of drug-likeness (QED) is 0.679. The molecule has 0 amide bonds. The van der Waals surface area contributed by atoms with E-state index in [4.69, 9.17) is 27.9 Å². The average molecular weight is 209 g/mol.